The molecule has 0 bridgehead atoms. The minimum absolute atomic E-state index is 0.451. The summed E-state index contributed by atoms with van der Waals surface area (Å²) in [5, 5.41) is 3.51. The Hall–Kier alpha value is -0.0800. The third-order valence-electron chi connectivity index (χ3n) is 4.44. The fourth-order valence-electron chi connectivity index (χ4n) is 3.17. The molecule has 1 aliphatic heterocycles. The third-order valence-corrected chi connectivity index (χ3v) is 4.44. The van der Waals surface area contributed by atoms with Crippen molar-refractivity contribution in [3.8, 4) is 0 Å². The molecule has 0 amide bonds. The molecule has 0 radical (unpaired) electrons. The Kier molecular flexibility index (Phi) is 8.70. The van der Waals surface area contributed by atoms with Crippen LogP contribution in [-0.2, 0) is 4.74 Å². The first kappa shape index (κ1) is 16.0. The molecule has 2 nitrogen and oxygen atoms in total. The van der Waals surface area contributed by atoms with Crippen molar-refractivity contribution in [2.45, 2.75) is 83.8 Å². The Morgan fingerprint density at radius 1 is 1.11 bits per heavy atom. The van der Waals surface area contributed by atoms with Gasteiger partial charge in [0.05, 0.1) is 6.10 Å². The molecule has 0 spiro atoms. The molecule has 1 heterocycles. The fraction of sp³-hybridized carbons (Fsp3) is 1.00. The zero-order valence-electron chi connectivity index (χ0n) is 12.7. The van der Waals surface area contributed by atoms with Gasteiger partial charge in [0.15, 0.2) is 0 Å². The lowest BCUT2D eigenvalue weighted by molar-refractivity contribution is 0.0949. The highest BCUT2D eigenvalue weighted by molar-refractivity contribution is 4.83. The number of hydrogen-bond acceptors (Lipinski definition) is 2. The molecule has 108 valence electrons. The predicted molar refractivity (Wildman–Crippen MR) is 79.0 cm³/mol. The van der Waals surface area contributed by atoms with Crippen LogP contribution in [0.3, 0.4) is 0 Å². The van der Waals surface area contributed by atoms with Crippen LogP contribution in [0, 0.1) is 5.92 Å². The smallest absolute Gasteiger partial charge is 0.0590 e. The summed E-state index contributed by atoms with van der Waals surface area (Å²) in [4.78, 5) is 0. The number of hydrogen-bond donors (Lipinski definition) is 1. The van der Waals surface area contributed by atoms with Gasteiger partial charge in [-0.2, -0.15) is 0 Å². The molecule has 1 fully saturated rings. The van der Waals surface area contributed by atoms with Crippen LogP contribution >= 0.6 is 0 Å². The van der Waals surface area contributed by atoms with Crippen molar-refractivity contribution >= 4 is 0 Å². The van der Waals surface area contributed by atoms with Crippen molar-refractivity contribution in [1.29, 1.82) is 0 Å². The third kappa shape index (κ3) is 5.71. The summed E-state index contributed by atoms with van der Waals surface area (Å²) in [6.07, 6.45) is 12.8. The molecule has 3 unspecified atom stereocenters. The lowest BCUT2D eigenvalue weighted by atomic mass is 9.89. The monoisotopic (exact) mass is 255 g/mol. The first-order valence-electron chi connectivity index (χ1n) is 8.08. The van der Waals surface area contributed by atoms with Gasteiger partial charge < -0.3 is 10.1 Å². The second kappa shape index (κ2) is 9.80. The van der Waals surface area contributed by atoms with Gasteiger partial charge in [0.1, 0.15) is 0 Å². The first-order valence-corrected chi connectivity index (χ1v) is 8.08. The predicted octanol–water partition coefficient (Wildman–Crippen LogP) is 4.14. The van der Waals surface area contributed by atoms with Crippen molar-refractivity contribution in [2.24, 2.45) is 5.92 Å². The normalized spacial score (nSPS) is 25.5. The number of rotatable bonds is 10. The van der Waals surface area contributed by atoms with Gasteiger partial charge in [-0.1, -0.05) is 51.9 Å². The maximum Gasteiger partial charge on any atom is 0.0590 e. The van der Waals surface area contributed by atoms with Crippen LogP contribution in [-0.4, -0.2) is 25.8 Å². The molecule has 2 heteroatoms. The highest BCUT2D eigenvalue weighted by Gasteiger charge is 2.30. The zero-order chi connectivity index (χ0) is 13.2. The van der Waals surface area contributed by atoms with E-state index >= 15 is 0 Å². The summed E-state index contributed by atoms with van der Waals surface area (Å²) < 4.78 is 5.68. The van der Waals surface area contributed by atoms with Gasteiger partial charge in [-0.15, -0.1) is 0 Å². The van der Waals surface area contributed by atoms with E-state index in [1.165, 1.54) is 57.8 Å². The molecule has 1 aliphatic rings. The molecule has 0 aromatic rings. The molecule has 1 saturated heterocycles. The van der Waals surface area contributed by atoms with Crippen LogP contribution in [0.15, 0.2) is 0 Å². The second-order valence-corrected chi connectivity index (χ2v) is 5.83. The van der Waals surface area contributed by atoms with E-state index in [4.69, 9.17) is 4.74 Å². The molecule has 0 aliphatic carbocycles. The topological polar surface area (TPSA) is 21.3 Å². The molecule has 18 heavy (non-hydrogen) atoms. The average Bonchev–Trinajstić information content (AvgIpc) is 2.79. The van der Waals surface area contributed by atoms with Crippen molar-refractivity contribution < 1.29 is 4.74 Å². The van der Waals surface area contributed by atoms with Gasteiger partial charge in [-0.3, -0.25) is 0 Å². The Labute approximate surface area is 114 Å². The van der Waals surface area contributed by atoms with Gasteiger partial charge in [0.25, 0.3) is 0 Å². The summed E-state index contributed by atoms with van der Waals surface area (Å²) in [7, 11) is 2.11. The molecule has 0 aromatic carbocycles. The minimum atomic E-state index is 0.451. The van der Waals surface area contributed by atoms with Gasteiger partial charge >= 0.3 is 0 Å². The molecule has 0 aromatic heterocycles. The van der Waals surface area contributed by atoms with E-state index in [0.29, 0.717) is 12.1 Å². The Morgan fingerprint density at radius 3 is 2.33 bits per heavy atom. The van der Waals surface area contributed by atoms with E-state index in [9.17, 15) is 0 Å². The molecule has 1 rings (SSSR count). The second-order valence-electron chi connectivity index (χ2n) is 5.83. The Bertz CT molecular complexity index is 196. The first-order chi connectivity index (χ1) is 8.79. The Balaban J connectivity index is 2.05. The van der Waals surface area contributed by atoms with Gasteiger partial charge in [-0.25, -0.2) is 0 Å². The zero-order valence-corrected chi connectivity index (χ0v) is 12.7. The van der Waals surface area contributed by atoms with E-state index in [0.717, 1.165) is 12.5 Å². The molecular formula is C16H33NO. The van der Waals surface area contributed by atoms with Crippen LogP contribution < -0.4 is 5.32 Å². The van der Waals surface area contributed by atoms with Gasteiger partial charge in [-0.05, 0) is 26.8 Å². The SMILES string of the molecule is CCCCCCCCCC(NC)C1CCOC1C. The lowest BCUT2D eigenvalue weighted by Crippen LogP contribution is -2.36. The van der Waals surface area contributed by atoms with Crippen LogP contribution in [0.5, 0.6) is 0 Å². The van der Waals surface area contributed by atoms with E-state index in [2.05, 4.69) is 26.2 Å². The maximum atomic E-state index is 5.68. The van der Waals surface area contributed by atoms with Crippen LogP contribution in [0.2, 0.25) is 0 Å². The van der Waals surface area contributed by atoms with Crippen molar-refractivity contribution in [2.75, 3.05) is 13.7 Å². The quantitative estimate of drug-likeness (QED) is 0.592. The minimum Gasteiger partial charge on any atom is -0.378 e. The van der Waals surface area contributed by atoms with Crippen molar-refractivity contribution in [1.82, 2.24) is 5.32 Å². The molecule has 0 saturated carbocycles. The standard InChI is InChI=1S/C16H33NO/c1-4-5-6-7-8-9-10-11-16(17-3)15-12-13-18-14(15)2/h14-17H,4-13H2,1-3H3. The lowest BCUT2D eigenvalue weighted by Gasteiger charge is -2.25. The number of ether oxygens (including phenoxy) is 1. The fourth-order valence-corrected chi connectivity index (χ4v) is 3.17. The molecule has 3 atom stereocenters. The summed E-state index contributed by atoms with van der Waals surface area (Å²) >= 11 is 0. The largest absolute Gasteiger partial charge is 0.378 e. The summed E-state index contributed by atoms with van der Waals surface area (Å²) in [5.74, 6) is 0.732. The van der Waals surface area contributed by atoms with E-state index in [1.807, 2.05) is 0 Å². The van der Waals surface area contributed by atoms with Crippen LogP contribution in [0.25, 0.3) is 0 Å². The maximum absolute atomic E-state index is 5.68. The Morgan fingerprint density at radius 2 is 1.78 bits per heavy atom. The summed E-state index contributed by atoms with van der Waals surface area (Å²) in [6, 6.07) is 0.665. The number of unbranched alkanes of at least 4 members (excludes halogenated alkanes) is 6. The van der Waals surface area contributed by atoms with Crippen molar-refractivity contribution in [3.05, 3.63) is 0 Å². The molecule has 1 N–H and O–H groups in total. The van der Waals surface area contributed by atoms with E-state index in [-0.39, 0.29) is 0 Å². The van der Waals surface area contributed by atoms with Gasteiger partial charge in [0.2, 0.25) is 0 Å². The van der Waals surface area contributed by atoms with Gasteiger partial charge in [0, 0.05) is 18.6 Å². The van der Waals surface area contributed by atoms with E-state index in [1.54, 1.807) is 0 Å². The summed E-state index contributed by atoms with van der Waals surface area (Å²) in [5.41, 5.74) is 0. The summed E-state index contributed by atoms with van der Waals surface area (Å²) in [6.45, 7) is 5.47. The number of nitrogens with one attached hydrogen (secondary N) is 1. The van der Waals surface area contributed by atoms with Crippen LogP contribution in [0.1, 0.15) is 71.6 Å². The van der Waals surface area contributed by atoms with Crippen LogP contribution in [0.4, 0.5) is 0 Å². The van der Waals surface area contributed by atoms with E-state index < -0.39 is 0 Å². The van der Waals surface area contributed by atoms with Crippen molar-refractivity contribution in [3.63, 3.8) is 0 Å². The highest BCUT2D eigenvalue weighted by atomic mass is 16.5. The highest BCUT2D eigenvalue weighted by Crippen LogP contribution is 2.26. The average molecular weight is 255 g/mol. The molecular weight excluding hydrogens is 222 g/mol.